The minimum Gasteiger partial charge on any atom is -0.324 e. The molecule has 0 atom stereocenters. The van der Waals surface area contributed by atoms with Gasteiger partial charge in [0.05, 0.1) is 10.6 Å². The van der Waals surface area contributed by atoms with Crippen LogP contribution in [0.1, 0.15) is 47.8 Å². The summed E-state index contributed by atoms with van der Waals surface area (Å²) in [4.78, 5) is 26.3. The molecule has 0 aliphatic carbocycles. The number of ketones is 1. The van der Waals surface area contributed by atoms with Crippen LogP contribution in [0.4, 0.5) is 11.4 Å². The lowest BCUT2D eigenvalue weighted by molar-refractivity contribution is -0.114. The van der Waals surface area contributed by atoms with E-state index < -0.39 is 22.5 Å². The Bertz CT molecular complexity index is 1570. The number of aryl methyl sites for hydroxylation is 1. The molecule has 6 nitrogen and oxygen atoms in total. The van der Waals surface area contributed by atoms with Crippen LogP contribution in [0.25, 0.3) is 0 Å². The lowest BCUT2D eigenvalue weighted by Gasteiger charge is -2.24. The lowest BCUT2D eigenvalue weighted by Crippen LogP contribution is -2.38. The third kappa shape index (κ3) is 6.62. The zero-order chi connectivity index (χ0) is 28.2. The second-order valence-electron chi connectivity index (χ2n) is 10.4. The van der Waals surface area contributed by atoms with Crippen LogP contribution < -0.4 is 9.62 Å². The number of amides is 1. The Morgan fingerprint density at radius 2 is 1.41 bits per heavy atom. The van der Waals surface area contributed by atoms with Crippen LogP contribution in [0.3, 0.4) is 0 Å². The van der Waals surface area contributed by atoms with E-state index in [4.69, 9.17) is 0 Å². The molecular weight excluding hydrogens is 508 g/mol. The molecule has 7 heteroatoms. The third-order valence-corrected chi connectivity index (χ3v) is 8.15. The summed E-state index contributed by atoms with van der Waals surface area (Å²) in [5.41, 5.74) is 3.82. The predicted molar refractivity (Wildman–Crippen MR) is 156 cm³/mol. The molecule has 1 amide bonds. The fourth-order valence-electron chi connectivity index (χ4n) is 4.10. The van der Waals surface area contributed by atoms with Gasteiger partial charge in [0.15, 0.2) is 5.78 Å². The van der Waals surface area contributed by atoms with Crippen LogP contribution in [0.5, 0.6) is 0 Å². The monoisotopic (exact) mass is 540 g/mol. The van der Waals surface area contributed by atoms with Crippen LogP contribution in [0.2, 0.25) is 0 Å². The van der Waals surface area contributed by atoms with Gasteiger partial charge in [-0.2, -0.15) is 0 Å². The molecule has 4 aromatic carbocycles. The summed E-state index contributed by atoms with van der Waals surface area (Å²) in [5, 5.41) is 2.76. The number of hydrogen-bond donors (Lipinski definition) is 1. The number of nitrogens with zero attached hydrogens (tertiary/aromatic N) is 1. The van der Waals surface area contributed by atoms with Crippen LogP contribution in [0, 0.1) is 6.92 Å². The van der Waals surface area contributed by atoms with Gasteiger partial charge in [-0.3, -0.25) is 13.9 Å². The van der Waals surface area contributed by atoms with Gasteiger partial charge in [-0.15, -0.1) is 0 Å². The van der Waals surface area contributed by atoms with Gasteiger partial charge in [0.1, 0.15) is 6.54 Å². The fraction of sp³-hybridized carbons (Fsp3) is 0.188. The first-order chi connectivity index (χ1) is 18.4. The molecule has 0 saturated carbocycles. The highest BCUT2D eigenvalue weighted by Crippen LogP contribution is 2.25. The van der Waals surface area contributed by atoms with Crippen molar-refractivity contribution in [2.45, 2.75) is 38.0 Å². The zero-order valence-corrected chi connectivity index (χ0v) is 23.3. The van der Waals surface area contributed by atoms with E-state index >= 15 is 0 Å². The average molecular weight is 541 g/mol. The normalized spacial score (nSPS) is 11.6. The number of carbonyl (C=O) groups excluding carboxylic acids is 2. The second-order valence-corrected chi connectivity index (χ2v) is 12.3. The number of rotatable bonds is 8. The van der Waals surface area contributed by atoms with Crippen LogP contribution in [0.15, 0.2) is 108 Å². The molecule has 200 valence electrons. The molecule has 0 spiro atoms. The molecule has 0 radical (unpaired) electrons. The smallest absolute Gasteiger partial charge is 0.264 e. The molecule has 0 aromatic heterocycles. The molecule has 4 rings (SSSR count). The molecule has 4 aromatic rings. The van der Waals surface area contributed by atoms with Crippen molar-refractivity contribution in [1.29, 1.82) is 0 Å². The Balaban J connectivity index is 1.55. The third-order valence-electron chi connectivity index (χ3n) is 6.36. The average Bonchev–Trinajstić information content (AvgIpc) is 2.92. The Kier molecular flexibility index (Phi) is 8.02. The standard InChI is InChI=1S/C32H32N2O4S/c1-23-13-19-28(20-14-23)34(39(37,38)29-11-6-5-7-12-29)22-30(35)33-27-10-8-9-25(21-27)31(36)24-15-17-26(18-16-24)32(2,3)4/h5-21H,22H2,1-4H3,(H,33,35). The number of benzene rings is 4. The van der Waals surface area contributed by atoms with Gasteiger partial charge in [0.2, 0.25) is 5.91 Å². The van der Waals surface area contributed by atoms with Crippen molar-refractivity contribution < 1.29 is 18.0 Å². The maximum atomic E-state index is 13.5. The highest BCUT2D eigenvalue weighted by Gasteiger charge is 2.27. The van der Waals surface area contributed by atoms with Crippen molar-refractivity contribution in [1.82, 2.24) is 0 Å². The number of nitrogens with one attached hydrogen (secondary N) is 1. The van der Waals surface area contributed by atoms with E-state index in [0.29, 0.717) is 22.5 Å². The van der Waals surface area contributed by atoms with Crippen molar-refractivity contribution in [2.75, 3.05) is 16.2 Å². The van der Waals surface area contributed by atoms with E-state index in [-0.39, 0.29) is 16.1 Å². The molecule has 39 heavy (non-hydrogen) atoms. The summed E-state index contributed by atoms with van der Waals surface area (Å²) in [5.74, 6) is -0.700. The topological polar surface area (TPSA) is 83.6 Å². The van der Waals surface area contributed by atoms with Crippen LogP contribution in [-0.2, 0) is 20.2 Å². The maximum Gasteiger partial charge on any atom is 0.264 e. The molecular formula is C32H32N2O4S. The molecule has 0 aliphatic heterocycles. The van der Waals surface area contributed by atoms with Crippen LogP contribution in [-0.4, -0.2) is 26.7 Å². The Morgan fingerprint density at radius 1 is 0.769 bits per heavy atom. The highest BCUT2D eigenvalue weighted by molar-refractivity contribution is 7.92. The number of sulfonamides is 1. The molecule has 0 saturated heterocycles. The first kappa shape index (κ1) is 27.8. The van der Waals surface area contributed by atoms with E-state index in [9.17, 15) is 18.0 Å². The minimum absolute atomic E-state index is 0.0216. The van der Waals surface area contributed by atoms with Crippen LogP contribution >= 0.6 is 0 Å². The van der Waals surface area contributed by atoms with Gasteiger partial charge in [-0.25, -0.2) is 8.42 Å². The number of carbonyl (C=O) groups is 2. The summed E-state index contributed by atoms with van der Waals surface area (Å²) in [6.07, 6.45) is 0. The largest absolute Gasteiger partial charge is 0.324 e. The predicted octanol–water partition coefficient (Wildman–Crippen LogP) is 6.36. The van der Waals surface area contributed by atoms with Crippen molar-refractivity contribution in [3.63, 3.8) is 0 Å². The fourth-order valence-corrected chi connectivity index (χ4v) is 5.55. The van der Waals surface area contributed by atoms with Gasteiger partial charge in [-0.05, 0) is 54.3 Å². The Morgan fingerprint density at radius 3 is 2.03 bits per heavy atom. The summed E-state index contributed by atoms with van der Waals surface area (Å²) < 4.78 is 28.1. The van der Waals surface area contributed by atoms with Gasteiger partial charge in [0, 0.05) is 16.8 Å². The van der Waals surface area contributed by atoms with Gasteiger partial charge in [0.25, 0.3) is 10.0 Å². The van der Waals surface area contributed by atoms with Gasteiger partial charge < -0.3 is 5.32 Å². The summed E-state index contributed by atoms with van der Waals surface area (Å²) in [6, 6.07) is 29.1. The quantitative estimate of drug-likeness (QED) is 0.264. The minimum atomic E-state index is -4.01. The van der Waals surface area contributed by atoms with Crippen molar-refractivity contribution in [3.05, 3.63) is 125 Å². The highest BCUT2D eigenvalue weighted by atomic mass is 32.2. The van der Waals surface area contributed by atoms with E-state index in [1.54, 1.807) is 66.7 Å². The summed E-state index contributed by atoms with van der Waals surface area (Å²) in [7, 11) is -4.01. The Hall–Kier alpha value is -4.23. The first-order valence-electron chi connectivity index (χ1n) is 12.6. The van der Waals surface area contributed by atoms with E-state index in [1.807, 2.05) is 31.2 Å². The van der Waals surface area contributed by atoms with E-state index in [2.05, 4.69) is 26.1 Å². The van der Waals surface area contributed by atoms with Gasteiger partial charge in [-0.1, -0.05) is 93.1 Å². The second kappa shape index (κ2) is 11.3. The van der Waals surface area contributed by atoms with E-state index in [0.717, 1.165) is 15.4 Å². The molecule has 0 fully saturated rings. The molecule has 0 unspecified atom stereocenters. The van der Waals surface area contributed by atoms with E-state index in [1.165, 1.54) is 12.1 Å². The zero-order valence-electron chi connectivity index (χ0n) is 22.5. The first-order valence-corrected chi connectivity index (χ1v) is 14.1. The van der Waals surface area contributed by atoms with Crippen molar-refractivity contribution >= 4 is 33.1 Å². The SMILES string of the molecule is Cc1ccc(N(CC(=O)Nc2cccc(C(=O)c3ccc(C(C)(C)C)cc3)c2)S(=O)(=O)c2ccccc2)cc1. The summed E-state index contributed by atoms with van der Waals surface area (Å²) in [6.45, 7) is 7.80. The number of anilines is 2. The Labute approximate surface area is 230 Å². The van der Waals surface area contributed by atoms with Crippen molar-refractivity contribution in [3.8, 4) is 0 Å². The maximum absolute atomic E-state index is 13.5. The van der Waals surface area contributed by atoms with Gasteiger partial charge >= 0.3 is 0 Å². The molecule has 0 bridgehead atoms. The molecule has 1 N–H and O–H groups in total. The lowest BCUT2D eigenvalue weighted by atomic mass is 9.86. The number of hydrogen-bond acceptors (Lipinski definition) is 4. The molecule has 0 aliphatic rings. The molecule has 0 heterocycles. The summed E-state index contributed by atoms with van der Waals surface area (Å²) >= 11 is 0. The van der Waals surface area contributed by atoms with Crippen molar-refractivity contribution in [2.24, 2.45) is 0 Å².